The van der Waals surface area contributed by atoms with E-state index in [0.29, 0.717) is 31.7 Å². The highest BCUT2D eigenvalue weighted by molar-refractivity contribution is 5.85. The van der Waals surface area contributed by atoms with Crippen LogP contribution in [-0.4, -0.2) is 63.2 Å². The molecule has 1 aromatic rings. The standard InChI is InChI=1S/C21H34F2N4O3/c1-18(2)11-19(3,4)13-20(29,12-18)21(22,23)17(28)27-9-7-8-14(27)16-25-24-15(30-16)10-26(5)6/h14,29H,7-13H2,1-6H3/t14-/m0/s1. The summed E-state index contributed by atoms with van der Waals surface area (Å²) in [5, 5.41) is 19.1. The first kappa shape index (κ1) is 23.1. The van der Waals surface area contributed by atoms with Gasteiger partial charge in [0.15, 0.2) is 0 Å². The molecule has 0 aromatic carbocycles. The summed E-state index contributed by atoms with van der Waals surface area (Å²) in [6.07, 6.45) is 1.48. The van der Waals surface area contributed by atoms with Gasteiger partial charge in [-0.25, -0.2) is 0 Å². The van der Waals surface area contributed by atoms with Gasteiger partial charge in [-0.15, -0.1) is 10.2 Å². The number of aromatic nitrogens is 2. The molecule has 170 valence electrons. The first-order valence-corrected chi connectivity index (χ1v) is 10.5. The van der Waals surface area contributed by atoms with Crippen LogP contribution in [-0.2, 0) is 11.3 Å². The van der Waals surface area contributed by atoms with Gasteiger partial charge in [-0.2, -0.15) is 8.78 Å². The second kappa shape index (κ2) is 7.51. The minimum Gasteiger partial charge on any atom is -0.422 e. The van der Waals surface area contributed by atoms with Gasteiger partial charge in [-0.1, -0.05) is 27.7 Å². The molecule has 0 radical (unpaired) electrons. The Bertz CT molecular complexity index is 775. The number of hydrogen-bond acceptors (Lipinski definition) is 6. The number of carbonyl (C=O) groups excluding carboxylic acids is 1. The van der Waals surface area contributed by atoms with Gasteiger partial charge in [0.05, 0.1) is 6.54 Å². The molecule has 1 saturated carbocycles. The Balaban J connectivity index is 1.85. The third kappa shape index (κ3) is 4.37. The molecular weight excluding hydrogens is 394 g/mol. The van der Waals surface area contributed by atoms with Crippen molar-refractivity contribution in [2.24, 2.45) is 10.8 Å². The van der Waals surface area contributed by atoms with Gasteiger partial charge in [0.2, 0.25) is 11.8 Å². The Kier molecular flexibility index (Phi) is 5.77. The van der Waals surface area contributed by atoms with E-state index in [1.165, 1.54) is 0 Å². The fourth-order valence-corrected chi connectivity index (χ4v) is 5.67. The van der Waals surface area contributed by atoms with Crippen LogP contribution in [0.1, 0.15) is 77.6 Å². The summed E-state index contributed by atoms with van der Waals surface area (Å²) in [6.45, 7) is 8.05. The predicted molar refractivity (Wildman–Crippen MR) is 107 cm³/mol. The molecule has 1 saturated heterocycles. The van der Waals surface area contributed by atoms with Crippen LogP contribution in [0.5, 0.6) is 0 Å². The molecule has 3 rings (SSSR count). The third-order valence-electron chi connectivity index (χ3n) is 6.08. The monoisotopic (exact) mass is 428 g/mol. The minimum absolute atomic E-state index is 0.131. The van der Waals surface area contributed by atoms with Gasteiger partial charge in [-0.3, -0.25) is 4.79 Å². The summed E-state index contributed by atoms with van der Waals surface area (Å²) in [6, 6.07) is -0.694. The number of rotatable bonds is 5. The quantitative estimate of drug-likeness (QED) is 0.774. The van der Waals surface area contributed by atoms with Crippen LogP contribution < -0.4 is 0 Å². The molecule has 1 N–H and O–H groups in total. The molecule has 30 heavy (non-hydrogen) atoms. The van der Waals surface area contributed by atoms with Gasteiger partial charge in [0.1, 0.15) is 11.6 Å². The Morgan fingerprint density at radius 3 is 2.37 bits per heavy atom. The Labute approximate surface area is 176 Å². The van der Waals surface area contributed by atoms with Crippen molar-refractivity contribution in [2.45, 2.75) is 83.9 Å². The third-order valence-corrected chi connectivity index (χ3v) is 6.08. The molecule has 1 aromatic heterocycles. The van der Waals surface area contributed by atoms with E-state index in [-0.39, 0.29) is 25.3 Å². The molecule has 1 aliphatic heterocycles. The number of alkyl halides is 2. The lowest BCUT2D eigenvalue weighted by Crippen LogP contribution is -2.62. The van der Waals surface area contributed by atoms with Crippen molar-refractivity contribution in [1.29, 1.82) is 0 Å². The van der Waals surface area contributed by atoms with Crippen molar-refractivity contribution in [1.82, 2.24) is 20.0 Å². The summed E-state index contributed by atoms with van der Waals surface area (Å²) in [5.41, 5.74) is -3.40. The number of hydrogen-bond donors (Lipinski definition) is 1. The molecule has 7 nitrogen and oxygen atoms in total. The van der Waals surface area contributed by atoms with E-state index >= 15 is 8.78 Å². The van der Waals surface area contributed by atoms with Crippen LogP contribution in [0, 0.1) is 10.8 Å². The lowest BCUT2D eigenvalue weighted by molar-refractivity contribution is -0.231. The van der Waals surface area contributed by atoms with E-state index in [1.807, 2.05) is 46.7 Å². The molecular formula is C21H34F2N4O3. The number of halogens is 2. The predicted octanol–water partition coefficient (Wildman–Crippen LogP) is 3.40. The van der Waals surface area contributed by atoms with Crippen LogP contribution in [0.2, 0.25) is 0 Å². The SMILES string of the molecule is CN(C)Cc1nnc([C@@H]2CCCN2C(=O)C(F)(F)C2(O)CC(C)(C)CC(C)(C)C2)o1. The Hall–Kier alpha value is -1.61. The van der Waals surface area contributed by atoms with Gasteiger partial charge >= 0.3 is 5.92 Å². The highest BCUT2D eigenvalue weighted by Gasteiger charge is 2.65. The van der Waals surface area contributed by atoms with E-state index < -0.39 is 34.3 Å². The smallest absolute Gasteiger partial charge is 0.352 e. The average molecular weight is 429 g/mol. The second-order valence-corrected chi connectivity index (χ2v) is 10.9. The summed E-state index contributed by atoms with van der Waals surface area (Å²) >= 11 is 0. The molecule has 2 aliphatic rings. The maximum Gasteiger partial charge on any atom is 0.352 e. The summed E-state index contributed by atoms with van der Waals surface area (Å²) in [7, 11) is 3.70. The first-order chi connectivity index (χ1) is 13.7. The van der Waals surface area contributed by atoms with Crippen molar-refractivity contribution in [3.63, 3.8) is 0 Å². The summed E-state index contributed by atoms with van der Waals surface area (Å²) in [4.78, 5) is 16.0. The lowest BCUT2D eigenvalue weighted by Gasteiger charge is -2.51. The number of nitrogens with zero attached hydrogens (tertiary/aromatic N) is 4. The van der Waals surface area contributed by atoms with Gasteiger partial charge in [-0.05, 0) is 57.0 Å². The zero-order valence-electron chi connectivity index (χ0n) is 18.8. The molecule has 9 heteroatoms. The van der Waals surface area contributed by atoms with Gasteiger partial charge in [0.25, 0.3) is 5.91 Å². The minimum atomic E-state index is -3.91. The second-order valence-electron chi connectivity index (χ2n) is 10.9. The molecule has 1 atom stereocenters. The van der Waals surface area contributed by atoms with E-state index in [2.05, 4.69) is 10.2 Å². The molecule has 0 bridgehead atoms. The Morgan fingerprint density at radius 1 is 1.20 bits per heavy atom. The van der Waals surface area contributed by atoms with Crippen molar-refractivity contribution in [3.05, 3.63) is 11.8 Å². The molecule has 2 fully saturated rings. The van der Waals surface area contributed by atoms with E-state index in [1.54, 1.807) is 0 Å². The number of carbonyl (C=O) groups is 1. The number of amides is 1. The average Bonchev–Trinajstić information content (AvgIpc) is 3.18. The lowest BCUT2D eigenvalue weighted by atomic mass is 9.58. The summed E-state index contributed by atoms with van der Waals surface area (Å²) in [5.74, 6) is -4.72. The molecule has 0 unspecified atom stereocenters. The first-order valence-electron chi connectivity index (χ1n) is 10.5. The molecule has 2 heterocycles. The zero-order valence-corrected chi connectivity index (χ0v) is 18.8. The van der Waals surface area contributed by atoms with Crippen LogP contribution in [0.25, 0.3) is 0 Å². The maximum absolute atomic E-state index is 15.6. The maximum atomic E-state index is 15.6. The number of aliphatic hydroxyl groups is 1. The van der Waals surface area contributed by atoms with Crippen LogP contribution in [0.3, 0.4) is 0 Å². The largest absolute Gasteiger partial charge is 0.422 e. The Morgan fingerprint density at radius 2 is 1.80 bits per heavy atom. The van der Waals surface area contributed by atoms with Gasteiger partial charge < -0.3 is 19.3 Å². The molecule has 1 aliphatic carbocycles. The van der Waals surface area contributed by atoms with Crippen LogP contribution >= 0.6 is 0 Å². The van der Waals surface area contributed by atoms with Crippen LogP contribution in [0.4, 0.5) is 8.78 Å². The zero-order chi connectivity index (χ0) is 22.5. The summed E-state index contributed by atoms with van der Waals surface area (Å²) < 4.78 is 36.8. The topological polar surface area (TPSA) is 82.7 Å². The highest BCUT2D eigenvalue weighted by Crippen LogP contribution is 2.55. The van der Waals surface area contributed by atoms with Crippen molar-refractivity contribution in [2.75, 3.05) is 20.6 Å². The van der Waals surface area contributed by atoms with Crippen LogP contribution in [0.15, 0.2) is 4.42 Å². The van der Waals surface area contributed by atoms with Crippen molar-refractivity contribution < 1.29 is 23.1 Å². The van der Waals surface area contributed by atoms with E-state index in [9.17, 15) is 9.90 Å². The van der Waals surface area contributed by atoms with E-state index in [0.717, 1.165) is 4.90 Å². The highest BCUT2D eigenvalue weighted by atomic mass is 19.3. The van der Waals surface area contributed by atoms with Gasteiger partial charge in [0, 0.05) is 6.54 Å². The fourth-order valence-electron chi connectivity index (χ4n) is 5.67. The van der Waals surface area contributed by atoms with E-state index in [4.69, 9.17) is 4.42 Å². The van der Waals surface area contributed by atoms with Crippen molar-refractivity contribution in [3.8, 4) is 0 Å². The van der Waals surface area contributed by atoms with Crippen molar-refractivity contribution >= 4 is 5.91 Å². The molecule has 0 spiro atoms. The fraction of sp³-hybridized carbons (Fsp3) is 0.857. The normalized spacial score (nSPS) is 25.7. The number of likely N-dealkylation sites (tertiary alicyclic amines) is 1. The molecule has 1 amide bonds.